The van der Waals surface area contributed by atoms with E-state index in [1.54, 1.807) is 4.90 Å². The van der Waals surface area contributed by atoms with Gasteiger partial charge in [0.1, 0.15) is 11.6 Å². The SMILES string of the molecule is CC(C)(C)NC(=O)N1CCC(CNS(=O)(=O)Cc2cc(F)ccc2F)CC1. The summed E-state index contributed by atoms with van der Waals surface area (Å²) in [5.41, 5.74) is -0.508. The fourth-order valence-corrected chi connectivity index (χ4v) is 4.12. The minimum Gasteiger partial charge on any atom is -0.333 e. The van der Waals surface area contributed by atoms with Crippen molar-refractivity contribution in [2.45, 2.75) is 44.9 Å². The summed E-state index contributed by atoms with van der Waals surface area (Å²) >= 11 is 0. The van der Waals surface area contributed by atoms with Gasteiger partial charge in [-0.1, -0.05) is 0 Å². The van der Waals surface area contributed by atoms with E-state index in [4.69, 9.17) is 0 Å². The third-order valence-corrected chi connectivity index (χ3v) is 5.63. The zero-order valence-electron chi connectivity index (χ0n) is 15.9. The summed E-state index contributed by atoms with van der Waals surface area (Å²) in [6, 6.07) is 2.63. The Balaban J connectivity index is 1.82. The van der Waals surface area contributed by atoms with Gasteiger partial charge >= 0.3 is 6.03 Å². The zero-order chi connectivity index (χ0) is 20.2. The van der Waals surface area contributed by atoms with E-state index in [-0.39, 0.29) is 29.6 Å². The quantitative estimate of drug-likeness (QED) is 0.793. The lowest BCUT2D eigenvalue weighted by atomic mass is 9.97. The molecule has 2 amide bonds. The van der Waals surface area contributed by atoms with Gasteiger partial charge in [0.2, 0.25) is 10.0 Å². The molecule has 1 aliphatic rings. The molecule has 0 saturated carbocycles. The largest absolute Gasteiger partial charge is 0.333 e. The number of piperidine rings is 1. The van der Waals surface area contributed by atoms with Gasteiger partial charge in [0.15, 0.2) is 0 Å². The first kappa shape index (κ1) is 21.6. The minimum absolute atomic E-state index is 0.0934. The van der Waals surface area contributed by atoms with Crippen molar-refractivity contribution in [1.29, 1.82) is 0 Å². The van der Waals surface area contributed by atoms with Crippen LogP contribution in [0.15, 0.2) is 18.2 Å². The summed E-state index contributed by atoms with van der Waals surface area (Å²) in [4.78, 5) is 13.9. The van der Waals surface area contributed by atoms with Gasteiger partial charge in [-0.2, -0.15) is 0 Å². The van der Waals surface area contributed by atoms with Crippen molar-refractivity contribution in [1.82, 2.24) is 14.9 Å². The molecule has 1 aliphatic heterocycles. The van der Waals surface area contributed by atoms with Crippen molar-refractivity contribution in [3.8, 4) is 0 Å². The molecule has 0 bridgehead atoms. The fourth-order valence-electron chi connectivity index (χ4n) is 2.89. The lowest BCUT2D eigenvalue weighted by molar-refractivity contribution is 0.163. The molecule has 27 heavy (non-hydrogen) atoms. The Hall–Kier alpha value is -1.74. The maximum absolute atomic E-state index is 13.6. The molecular formula is C18H27F2N3O3S. The standard InChI is InChI=1S/C18H27F2N3O3S/c1-18(2,3)22-17(24)23-8-6-13(7-9-23)11-21-27(25,26)12-14-10-15(19)4-5-16(14)20/h4-5,10,13,21H,6-9,11-12H2,1-3H3,(H,22,24). The number of nitrogens with one attached hydrogen (secondary N) is 2. The number of hydrogen-bond donors (Lipinski definition) is 2. The molecule has 6 nitrogen and oxygen atoms in total. The smallest absolute Gasteiger partial charge is 0.317 e. The van der Waals surface area contributed by atoms with Crippen LogP contribution in [0.5, 0.6) is 0 Å². The molecule has 2 rings (SSSR count). The normalized spacial score (nSPS) is 16.4. The molecule has 0 spiro atoms. The van der Waals surface area contributed by atoms with Crippen LogP contribution in [-0.2, 0) is 15.8 Å². The maximum atomic E-state index is 13.6. The molecule has 1 heterocycles. The van der Waals surface area contributed by atoms with Gasteiger partial charge in [0, 0.05) is 30.7 Å². The Labute approximate surface area is 159 Å². The van der Waals surface area contributed by atoms with Crippen LogP contribution < -0.4 is 10.0 Å². The molecule has 152 valence electrons. The van der Waals surface area contributed by atoms with Gasteiger partial charge in [0.25, 0.3) is 0 Å². The number of likely N-dealkylation sites (tertiary alicyclic amines) is 1. The van der Waals surface area contributed by atoms with E-state index in [1.807, 2.05) is 20.8 Å². The van der Waals surface area contributed by atoms with Crippen molar-refractivity contribution in [3.05, 3.63) is 35.4 Å². The predicted octanol–water partition coefficient (Wildman–Crippen LogP) is 2.60. The van der Waals surface area contributed by atoms with E-state index in [0.717, 1.165) is 18.2 Å². The highest BCUT2D eigenvalue weighted by molar-refractivity contribution is 7.88. The zero-order valence-corrected chi connectivity index (χ0v) is 16.7. The van der Waals surface area contributed by atoms with Gasteiger partial charge in [-0.25, -0.2) is 26.7 Å². The number of carbonyl (C=O) groups is 1. The van der Waals surface area contributed by atoms with Crippen LogP contribution in [0.4, 0.5) is 13.6 Å². The van der Waals surface area contributed by atoms with E-state index >= 15 is 0 Å². The monoisotopic (exact) mass is 403 g/mol. The van der Waals surface area contributed by atoms with Crippen LogP contribution in [0, 0.1) is 17.6 Å². The first-order valence-electron chi connectivity index (χ1n) is 8.93. The van der Waals surface area contributed by atoms with Crippen molar-refractivity contribution in [2.75, 3.05) is 19.6 Å². The lowest BCUT2D eigenvalue weighted by Gasteiger charge is -2.34. The minimum atomic E-state index is -3.78. The second kappa shape index (κ2) is 8.52. The second-order valence-corrected chi connectivity index (χ2v) is 9.76. The fraction of sp³-hybridized carbons (Fsp3) is 0.611. The first-order chi connectivity index (χ1) is 12.5. The maximum Gasteiger partial charge on any atom is 0.317 e. The number of carbonyl (C=O) groups excluding carboxylic acids is 1. The highest BCUT2D eigenvalue weighted by Crippen LogP contribution is 2.18. The van der Waals surface area contributed by atoms with Crippen molar-refractivity contribution in [2.24, 2.45) is 5.92 Å². The summed E-state index contributed by atoms with van der Waals surface area (Å²) in [7, 11) is -3.78. The van der Waals surface area contributed by atoms with Crippen molar-refractivity contribution < 1.29 is 22.0 Å². The van der Waals surface area contributed by atoms with Gasteiger partial charge in [-0.15, -0.1) is 0 Å². The molecule has 0 atom stereocenters. The molecular weight excluding hydrogens is 376 g/mol. The average Bonchev–Trinajstić information content (AvgIpc) is 2.55. The Kier molecular flexibility index (Phi) is 6.80. The van der Waals surface area contributed by atoms with Gasteiger partial charge in [0.05, 0.1) is 5.75 Å². The highest BCUT2D eigenvalue weighted by Gasteiger charge is 2.26. The summed E-state index contributed by atoms with van der Waals surface area (Å²) in [6.45, 7) is 7.04. The second-order valence-electron chi connectivity index (χ2n) is 7.95. The number of sulfonamides is 1. The van der Waals surface area contributed by atoms with Crippen LogP contribution in [0.3, 0.4) is 0 Å². The molecule has 0 aromatic heterocycles. The molecule has 9 heteroatoms. The molecule has 1 aromatic rings. The lowest BCUT2D eigenvalue weighted by Crippen LogP contribution is -2.51. The Morgan fingerprint density at radius 2 is 1.85 bits per heavy atom. The number of halogens is 2. The Bertz CT molecular complexity index is 771. The predicted molar refractivity (Wildman–Crippen MR) is 99.6 cm³/mol. The number of hydrogen-bond acceptors (Lipinski definition) is 3. The number of nitrogens with zero attached hydrogens (tertiary/aromatic N) is 1. The summed E-state index contributed by atoms with van der Waals surface area (Å²) in [5.74, 6) is -1.94. The molecule has 2 N–H and O–H groups in total. The molecule has 0 unspecified atom stereocenters. The summed E-state index contributed by atoms with van der Waals surface area (Å²) in [6.07, 6.45) is 1.35. The molecule has 0 aliphatic carbocycles. The summed E-state index contributed by atoms with van der Waals surface area (Å²) in [5, 5.41) is 2.91. The van der Waals surface area contributed by atoms with Crippen LogP contribution >= 0.6 is 0 Å². The van der Waals surface area contributed by atoms with Gasteiger partial charge < -0.3 is 10.2 Å². The van der Waals surface area contributed by atoms with Gasteiger partial charge in [-0.05, 0) is 57.7 Å². The van der Waals surface area contributed by atoms with Gasteiger partial charge in [-0.3, -0.25) is 0 Å². The van der Waals surface area contributed by atoms with Crippen molar-refractivity contribution >= 4 is 16.1 Å². The topological polar surface area (TPSA) is 78.5 Å². The molecule has 1 aromatic carbocycles. The third kappa shape index (κ3) is 7.06. The van der Waals surface area contributed by atoms with E-state index in [0.29, 0.717) is 25.9 Å². The van der Waals surface area contributed by atoms with E-state index in [2.05, 4.69) is 10.0 Å². The third-order valence-electron chi connectivity index (χ3n) is 4.33. The Morgan fingerprint density at radius 1 is 1.22 bits per heavy atom. The first-order valence-corrected chi connectivity index (χ1v) is 10.6. The number of benzene rings is 1. The van der Waals surface area contributed by atoms with Crippen LogP contribution in [0.2, 0.25) is 0 Å². The molecule has 0 radical (unpaired) electrons. The van der Waals surface area contributed by atoms with E-state index < -0.39 is 27.4 Å². The van der Waals surface area contributed by atoms with E-state index in [1.165, 1.54) is 0 Å². The number of amides is 2. The van der Waals surface area contributed by atoms with E-state index in [9.17, 15) is 22.0 Å². The summed E-state index contributed by atoms with van der Waals surface area (Å²) < 4.78 is 53.6. The van der Waals surface area contributed by atoms with Crippen molar-refractivity contribution in [3.63, 3.8) is 0 Å². The number of rotatable bonds is 5. The highest BCUT2D eigenvalue weighted by atomic mass is 32.2. The average molecular weight is 403 g/mol. The molecule has 1 fully saturated rings. The number of urea groups is 1. The van der Waals surface area contributed by atoms with Crippen LogP contribution in [-0.4, -0.2) is 44.5 Å². The Morgan fingerprint density at radius 3 is 2.44 bits per heavy atom. The van der Waals surface area contributed by atoms with Crippen LogP contribution in [0.1, 0.15) is 39.2 Å². The molecule has 1 saturated heterocycles. The van der Waals surface area contributed by atoms with Crippen LogP contribution in [0.25, 0.3) is 0 Å².